The Balaban J connectivity index is 1.93. The number of nitrogens with one attached hydrogen (secondary N) is 1. The summed E-state index contributed by atoms with van der Waals surface area (Å²) in [7, 11) is 2.10. The maximum absolute atomic E-state index is 12.6. The Labute approximate surface area is 111 Å². The smallest absolute Gasteiger partial charge is 0.227 e. The number of rotatable bonds is 4. The van der Waals surface area contributed by atoms with E-state index in [1.165, 1.54) is 12.8 Å². The van der Waals surface area contributed by atoms with Crippen LogP contribution in [0.15, 0.2) is 0 Å². The normalized spacial score (nSPS) is 29.1. The van der Waals surface area contributed by atoms with Gasteiger partial charge in [-0.1, -0.05) is 0 Å². The molecule has 2 unspecified atom stereocenters. The van der Waals surface area contributed by atoms with Crippen molar-refractivity contribution in [2.24, 2.45) is 5.92 Å². The van der Waals surface area contributed by atoms with Crippen LogP contribution in [0.25, 0.3) is 0 Å². The number of carbonyl (C=O) groups is 1. The van der Waals surface area contributed by atoms with Gasteiger partial charge in [0.2, 0.25) is 5.91 Å². The molecule has 2 aliphatic rings. The van der Waals surface area contributed by atoms with Gasteiger partial charge in [-0.3, -0.25) is 4.79 Å². The second-order valence-electron chi connectivity index (χ2n) is 6.13. The lowest BCUT2D eigenvalue weighted by atomic mass is 10.1. The Morgan fingerprint density at radius 1 is 1.44 bits per heavy atom. The maximum atomic E-state index is 12.6. The molecule has 104 valence electrons. The summed E-state index contributed by atoms with van der Waals surface area (Å²) < 4.78 is 0. The van der Waals surface area contributed by atoms with Crippen LogP contribution < -0.4 is 5.32 Å². The summed E-state index contributed by atoms with van der Waals surface area (Å²) in [6.45, 7) is 8.24. The lowest BCUT2D eigenvalue weighted by Gasteiger charge is -2.31. The summed E-state index contributed by atoms with van der Waals surface area (Å²) in [5.41, 5.74) is 0. The van der Waals surface area contributed by atoms with Crippen LogP contribution in [-0.2, 0) is 4.79 Å². The Morgan fingerprint density at radius 2 is 2.22 bits per heavy atom. The summed E-state index contributed by atoms with van der Waals surface area (Å²) >= 11 is 0. The SMILES string of the molecule is CC(C)N(CC1CCCN1)C(=O)C1CCN(C)C1. The number of nitrogens with zero attached hydrogens (tertiary/aromatic N) is 2. The second-order valence-corrected chi connectivity index (χ2v) is 6.13. The largest absolute Gasteiger partial charge is 0.338 e. The Morgan fingerprint density at radius 3 is 2.72 bits per heavy atom. The minimum Gasteiger partial charge on any atom is -0.338 e. The van der Waals surface area contributed by atoms with Gasteiger partial charge in [-0.05, 0) is 53.2 Å². The maximum Gasteiger partial charge on any atom is 0.227 e. The van der Waals surface area contributed by atoms with Gasteiger partial charge < -0.3 is 15.1 Å². The third kappa shape index (κ3) is 3.23. The fourth-order valence-electron chi connectivity index (χ4n) is 3.08. The zero-order valence-electron chi connectivity index (χ0n) is 12.0. The lowest BCUT2D eigenvalue weighted by molar-refractivity contribution is -0.137. The van der Waals surface area contributed by atoms with E-state index in [1.807, 2.05) is 0 Å². The molecule has 2 fully saturated rings. The van der Waals surface area contributed by atoms with E-state index < -0.39 is 0 Å². The van der Waals surface area contributed by atoms with Gasteiger partial charge in [0.15, 0.2) is 0 Å². The molecule has 1 amide bonds. The van der Waals surface area contributed by atoms with Gasteiger partial charge in [0.25, 0.3) is 0 Å². The first kappa shape index (κ1) is 13.8. The van der Waals surface area contributed by atoms with Crippen molar-refractivity contribution in [1.29, 1.82) is 0 Å². The van der Waals surface area contributed by atoms with Crippen molar-refractivity contribution in [1.82, 2.24) is 15.1 Å². The Bertz CT molecular complexity index is 287. The minimum atomic E-state index is 0.221. The van der Waals surface area contributed by atoms with E-state index >= 15 is 0 Å². The van der Waals surface area contributed by atoms with Crippen molar-refractivity contribution in [3.05, 3.63) is 0 Å². The highest BCUT2D eigenvalue weighted by Gasteiger charge is 2.32. The van der Waals surface area contributed by atoms with Crippen molar-refractivity contribution in [2.75, 3.05) is 33.2 Å². The molecular weight excluding hydrogens is 226 g/mol. The number of hydrogen-bond donors (Lipinski definition) is 1. The average molecular weight is 253 g/mol. The van der Waals surface area contributed by atoms with Crippen LogP contribution in [0.3, 0.4) is 0 Å². The molecule has 2 saturated heterocycles. The van der Waals surface area contributed by atoms with Crippen LogP contribution in [-0.4, -0.2) is 61.0 Å². The average Bonchev–Trinajstić information content (AvgIpc) is 2.95. The van der Waals surface area contributed by atoms with Crippen LogP contribution >= 0.6 is 0 Å². The molecule has 2 heterocycles. The molecule has 2 atom stereocenters. The number of carbonyl (C=O) groups excluding carboxylic acids is 1. The summed E-state index contributed by atoms with van der Waals surface area (Å²) in [6, 6.07) is 0.821. The highest BCUT2D eigenvalue weighted by atomic mass is 16.2. The van der Waals surface area contributed by atoms with E-state index in [0.717, 1.165) is 32.6 Å². The van der Waals surface area contributed by atoms with Crippen LogP contribution in [0.4, 0.5) is 0 Å². The predicted octanol–water partition coefficient (Wildman–Crippen LogP) is 0.927. The topological polar surface area (TPSA) is 35.6 Å². The van der Waals surface area contributed by atoms with Gasteiger partial charge in [-0.15, -0.1) is 0 Å². The van der Waals surface area contributed by atoms with E-state index in [4.69, 9.17) is 0 Å². The first-order chi connectivity index (χ1) is 8.58. The van der Waals surface area contributed by atoms with E-state index in [2.05, 4.69) is 36.0 Å². The fourth-order valence-corrected chi connectivity index (χ4v) is 3.08. The van der Waals surface area contributed by atoms with Crippen LogP contribution in [0, 0.1) is 5.92 Å². The Kier molecular flexibility index (Phi) is 4.62. The van der Waals surface area contributed by atoms with Gasteiger partial charge in [-0.25, -0.2) is 0 Å². The molecule has 0 bridgehead atoms. The zero-order valence-corrected chi connectivity index (χ0v) is 12.0. The van der Waals surface area contributed by atoms with Crippen molar-refractivity contribution in [3.63, 3.8) is 0 Å². The summed E-state index contributed by atoms with van der Waals surface area (Å²) in [6.07, 6.45) is 3.48. The molecule has 4 heteroatoms. The van der Waals surface area contributed by atoms with Crippen LogP contribution in [0.5, 0.6) is 0 Å². The van der Waals surface area contributed by atoms with Crippen molar-refractivity contribution < 1.29 is 4.79 Å². The molecule has 0 aliphatic carbocycles. The molecule has 0 aromatic rings. The predicted molar refractivity (Wildman–Crippen MR) is 73.5 cm³/mol. The third-order valence-corrected chi connectivity index (χ3v) is 4.23. The fraction of sp³-hybridized carbons (Fsp3) is 0.929. The molecule has 18 heavy (non-hydrogen) atoms. The lowest BCUT2D eigenvalue weighted by Crippen LogP contribution is -2.47. The van der Waals surface area contributed by atoms with E-state index in [9.17, 15) is 4.79 Å². The monoisotopic (exact) mass is 253 g/mol. The standard InChI is InChI=1S/C14H27N3O/c1-11(2)17(10-13-5-4-7-15-13)14(18)12-6-8-16(3)9-12/h11-13,15H,4-10H2,1-3H3. The minimum absolute atomic E-state index is 0.221. The molecule has 1 N–H and O–H groups in total. The summed E-state index contributed by atoms with van der Waals surface area (Å²) in [4.78, 5) is 16.9. The van der Waals surface area contributed by atoms with E-state index in [1.54, 1.807) is 0 Å². The molecule has 0 radical (unpaired) electrons. The molecule has 0 aromatic carbocycles. The quantitative estimate of drug-likeness (QED) is 0.809. The molecule has 0 aromatic heterocycles. The van der Waals surface area contributed by atoms with Gasteiger partial charge in [-0.2, -0.15) is 0 Å². The summed E-state index contributed by atoms with van der Waals surface area (Å²) in [5, 5.41) is 3.49. The van der Waals surface area contributed by atoms with E-state index in [0.29, 0.717) is 18.0 Å². The molecule has 2 rings (SSSR count). The zero-order chi connectivity index (χ0) is 13.1. The number of hydrogen-bond acceptors (Lipinski definition) is 3. The van der Waals surface area contributed by atoms with Crippen LogP contribution in [0.2, 0.25) is 0 Å². The van der Waals surface area contributed by atoms with E-state index in [-0.39, 0.29) is 5.92 Å². The molecule has 0 saturated carbocycles. The molecule has 4 nitrogen and oxygen atoms in total. The Hall–Kier alpha value is -0.610. The highest BCUT2D eigenvalue weighted by molar-refractivity contribution is 5.79. The van der Waals surface area contributed by atoms with Crippen LogP contribution in [0.1, 0.15) is 33.1 Å². The summed E-state index contributed by atoms with van der Waals surface area (Å²) in [5.74, 6) is 0.585. The van der Waals surface area contributed by atoms with Crippen molar-refractivity contribution in [2.45, 2.75) is 45.2 Å². The van der Waals surface area contributed by atoms with Gasteiger partial charge in [0.05, 0.1) is 5.92 Å². The molecular formula is C14H27N3O. The second kappa shape index (κ2) is 6.02. The highest BCUT2D eigenvalue weighted by Crippen LogP contribution is 2.19. The third-order valence-electron chi connectivity index (χ3n) is 4.23. The number of amides is 1. The molecule has 2 aliphatic heterocycles. The van der Waals surface area contributed by atoms with Gasteiger partial charge in [0, 0.05) is 25.2 Å². The van der Waals surface area contributed by atoms with Crippen molar-refractivity contribution >= 4 is 5.91 Å². The molecule has 0 spiro atoms. The first-order valence-corrected chi connectivity index (χ1v) is 7.30. The first-order valence-electron chi connectivity index (χ1n) is 7.30. The van der Waals surface area contributed by atoms with Gasteiger partial charge in [0.1, 0.15) is 0 Å². The number of likely N-dealkylation sites (tertiary alicyclic amines) is 1. The van der Waals surface area contributed by atoms with Gasteiger partial charge >= 0.3 is 0 Å². The van der Waals surface area contributed by atoms with Crippen molar-refractivity contribution in [3.8, 4) is 0 Å².